The monoisotopic (exact) mass is 432 g/mol. The lowest BCUT2D eigenvalue weighted by Crippen LogP contribution is -2.49. The van der Waals surface area contributed by atoms with Gasteiger partial charge in [0.15, 0.2) is 0 Å². The number of aromatic nitrogens is 3. The zero-order valence-electron chi connectivity index (χ0n) is 18.3. The first-order chi connectivity index (χ1) is 15.5. The van der Waals surface area contributed by atoms with Crippen molar-refractivity contribution in [1.29, 1.82) is 0 Å². The summed E-state index contributed by atoms with van der Waals surface area (Å²) < 4.78 is 1.79. The zero-order chi connectivity index (χ0) is 22.1. The molecule has 0 atom stereocenters. The van der Waals surface area contributed by atoms with Crippen LogP contribution in [-0.4, -0.2) is 51.1 Å². The van der Waals surface area contributed by atoms with Crippen molar-refractivity contribution >= 4 is 23.1 Å². The molecule has 2 fully saturated rings. The highest BCUT2D eigenvalue weighted by molar-refractivity contribution is 6.07. The highest BCUT2D eigenvalue weighted by atomic mass is 16.2. The van der Waals surface area contributed by atoms with Crippen LogP contribution in [0.3, 0.4) is 0 Å². The third-order valence-corrected chi connectivity index (χ3v) is 6.52. The molecule has 0 unspecified atom stereocenters. The van der Waals surface area contributed by atoms with Gasteiger partial charge in [-0.1, -0.05) is 6.07 Å². The molecular weight excluding hydrogens is 404 g/mol. The molecule has 32 heavy (non-hydrogen) atoms. The van der Waals surface area contributed by atoms with Gasteiger partial charge in [0.25, 0.3) is 0 Å². The van der Waals surface area contributed by atoms with Crippen molar-refractivity contribution in [3.63, 3.8) is 0 Å². The minimum Gasteiger partial charge on any atom is -0.299 e. The summed E-state index contributed by atoms with van der Waals surface area (Å²) >= 11 is 0. The summed E-state index contributed by atoms with van der Waals surface area (Å²) in [6, 6.07) is 8.13. The number of piperidine rings is 1. The third kappa shape index (κ3) is 4.36. The van der Waals surface area contributed by atoms with Gasteiger partial charge >= 0.3 is 6.03 Å². The summed E-state index contributed by atoms with van der Waals surface area (Å²) in [5, 5.41) is 6.78. The van der Waals surface area contributed by atoms with Crippen LogP contribution in [0.2, 0.25) is 0 Å². The van der Waals surface area contributed by atoms with E-state index in [1.54, 1.807) is 15.6 Å². The summed E-state index contributed by atoms with van der Waals surface area (Å²) in [7, 11) is 0. The standard InChI is InChI=1S/C24H28N6O2/c1-17-2-3-20(14-25-17)16-28-8-4-18(5-9-28)12-19-6-11-30-21(13-19)22(15-26-30)29-10-7-23(31)27-24(29)32/h2-3,6,11,13-15,18H,4-5,7-10,12,16H2,1H3,(H,27,31,32). The highest BCUT2D eigenvalue weighted by Crippen LogP contribution is 2.27. The number of likely N-dealkylation sites (tertiary alicyclic amines) is 1. The van der Waals surface area contributed by atoms with Gasteiger partial charge in [0.2, 0.25) is 5.91 Å². The number of fused-ring (bicyclic) bond motifs is 1. The molecular formula is C24H28N6O2. The van der Waals surface area contributed by atoms with Crippen LogP contribution in [0, 0.1) is 12.8 Å². The first-order valence-electron chi connectivity index (χ1n) is 11.3. The number of aryl methyl sites for hydroxylation is 1. The summed E-state index contributed by atoms with van der Waals surface area (Å²) in [4.78, 5) is 32.3. The van der Waals surface area contributed by atoms with E-state index in [1.807, 2.05) is 19.3 Å². The number of nitrogens with one attached hydrogen (secondary N) is 1. The third-order valence-electron chi connectivity index (χ3n) is 6.52. The van der Waals surface area contributed by atoms with Gasteiger partial charge in [-0.3, -0.25) is 24.9 Å². The Bertz CT molecular complexity index is 1130. The van der Waals surface area contributed by atoms with Crippen molar-refractivity contribution in [2.75, 3.05) is 24.5 Å². The fourth-order valence-corrected chi connectivity index (χ4v) is 4.67. The summed E-state index contributed by atoms with van der Waals surface area (Å²) in [6.45, 7) is 5.56. The van der Waals surface area contributed by atoms with Crippen LogP contribution in [-0.2, 0) is 17.8 Å². The van der Waals surface area contributed by atoms with Crippen LogP contribution in [0.4, 0.5) is 10.5 Å². The molecule has 5 heterocycles. The molecule has 0 bridgehead atoms. The predicted molar refractivity (Wildman–Crippen MR) is 121 cm³/mol. The van der Waals surface area contributed by atoms with Gasteiger partial charge in [0, 0.05) is 37.6 Å². The number of urea groups is 1. The van der Waals surface area contributed by atoms with E-state index < -0.39 is 0 Å². The van der Waals surface area contributed by atoms with E-state index in [4.69, 9.17) is 0 Å². The maximum atomic E-state index is 12.3. The predicted octanol–water partition coefficient (Wildman–Crippen LogP) is 2.94. The van der Waals surface area contributed by atoms with E-state index in [1.165, 1.54) is 24.0 Å². The number of imide groups is 1. The van der Waals surface area contributed by atoms with Crippen molar-refractivity contribution in [1.82, 2.24) is 24.8 Å². The van der Waals surface area contributed by atoms with Crippen LogP contribution < -0.4 is 10.2 Å². The van der Waals surface area contributed by atoms with Gasteiger partial charge in [-0.25, -0.2) is 9.31 Å². The Hall–Kier alpha value is -3.26. The number of amides is 3. The number of anilines is 1. The SMILES string of the molecule is Cc1ccc(CN2CCC(Cc3ccn4ncc(N5CCC(=O)NC5=O)c4c3)CC2)cn1. The number of hydrogen-bond acceptors (Lipinski definition) is 5. The second-order valence-electron chi connectivity index (χ2n) is 8.88. The van der Waals surface area contributed by atoms with Crippen LogP contribution in [0.5, 0.6) is 0 Å². The number of nitrogens with zero attached hydrogens (tertiary/aromatic N) is 5. The first kappa shape index (κ1) is 20.6. The summed E-state index contributed by atoms with van der Waals surface area (Å²) in [6.07, 6.45) is 9.32. The number of hydrogen-bond donors (Lipinski definition) is 1. The molecule has 0 spiro atoms. The van der Waals surface area contributed by atoms with E-state index in [0.717, 1.165) is 43.0 Å². The Kier molecular flexibility index (Phi) is 5.61. The quantitative estimate of drug-likeness (QED) is 0.670. The molecule has 5 rings (SSSR count). The second-order valence-corrected chi connectivity index (χ2v) is 8.88. The second kappa shape index (κ2) is 8.70. The van der Waals surface area contributed by atoms with E-state index in [0.29, 0.717) is 18.9 Å². The fraction of sp³-hybridized carbons (Fsp3) is 0.417. The lowest BCUT2D eigenvalue weighted by Gasteiger charge is -2.32. The molecule has 0 saturated carbocycles. The van der Waals surface area contributed by atoms with Crippen molar-refractivity contribution in [2.45, 2.75) is 39.2 Å². The van der Waals surface area contributed by atoms with Crippen LogP contribution in [0.1, 0.15) is 36.1 Å². The average Bonchev–Trinajstić information content (AvgIpc) is 3.20. The Balaban J connectivity index is 1.23. The number of pyridine rings is 2. The molecule has 2 aliphatic rings. The van der Waals surface area contributed by atoms with E-state index in [-0.39, 0.29) is 11.9 Å². The lowest BCUT2D eigenvalue weighted by atomic mass is 9.90. The molecule has 0 radical (unpaired) electrons. The Morgan fingerprint density at radius 2 is 1.91 bits per heavy atom. The Labute approximate surface area is 187 Å². The van der Waals surface area contributed by atoms with E-state index in [2.05, 4.69) is 44.6 Å². The van der Waals surface area contributed by atoms with Gasteiger partial charge in [0.05, 0.1) is 17.4 Å². The van der Waals surface area contributed by atoms with Gasteiger partial charge in [-0.2, -0.15) is 5.10 Å². The lowest BCUT2D eigenvalue weighted by molar-refractivity contribution is -0.120. The molecule has 3 aromatic rings. The van der Waals surface area contributed by atoms with Gasteiger partial charge < -0.3 is 0 Å². The molecule has 2 saturated heterocycles. The number of carbonyl (C=O) groups excluding carboxylic acids is 2. The highest BCUT2D eigenvalue weighted by Gasteiger charge is 2.27. The van der Waals surface area contributed by atoms with E-state index >= 15 is 0 Å². The molecule has 166 valence electrons. The van der Waals surface area contributed by atoms with Crippen LogP contribution in [0.25, 0.3) is 5.52 Å². The van der Waals surface area contributed by atoms with Gasteiger partial charge in [0.1, 0.15) is 0 Å². The molecule has 2 aliphatic heterocycles. The first-order valence-corrected chi connectivity index (χ1v) is 11.3. The van der Waals surface area contributed by atoms with Gasteiger partial charge in [-0.05, 0) is 74.5 Å². The van der Waals surface area contributed by atoms with Crippen LogP contribution in [0.15, 0.2) is 42.9 Å². The molecule has 1 N–H and O–H groups in total. The fourth-order valence-electron chi connectivity index (χ4n) is 4.67. The number of rotatable bonds is 5. The van der Waals surface area contributed by atoms with Gasteiger partial charge in [-0.15, -0.1) is 0 Å². The topological polar surface area (TPSA) is 82.8 Å². The zero-order valence-corrected chi connectivity index (χ0v) is 18.3. The van der Waals surface area contributed by atoms with Crippen LogP contribution >= 0.6 is 0 Å². The molecule has 3 amide bonds. The summed E-state index contributed by atoms with van der Waals surface area (Å²) in [5.41, 5.74) is 5.24. The Morgan fingerprint density at radius 3 is 2.66 bits per heavy atom. The van der Waals surface area contributed by atoms with Crippen molar-refractivity contribution in [3.05, 3.63) is 59.7 Å². The van der Waals surface area contributed by atoms with Crippen molar-refractivity contribution < 1.29 is 9.59 Å². The smallest absolute Gasteiger partial charge is 0.299 e. The Morgan fingerprint density at radius 1 is 1.06 bits per heavy atom. The minimum absolute atomic E-state index is 0.228. The molecule has 0 aliphatic carbocycles. The normalized spacial score (nSPS) is 18.3. The molecule has 8 heteroatoms. The molecule has 8 nitrogen and oxygen atoms in total. The van der Waals surface area contributed by atoms with Crippen molar-refractivity contribution in [3.8, 4) is 0 Å². The average molecular weight is 433 g/mol. The van der Waals surface area contributed by atoms with E-state index in [9.17, 15) is 9.59 Å². The maximum absolute atomic E-state index is 12.3. The van der Waals surface area contributed by atoms with Crippen molar-refractivity contribution in [2.24, 2.45) is 5.92 Å². The molecule has 0 aromatic carbocycles. The summed E-state index contributed by atoms with van der Waals surface area (Å²) in [5.74, 6) is 0.417. The minimum atomic E-state index is -0.377. The largest absolute Gasteiger partial charge is 0.328 e. The number of carbonyl (C=O) groups is 2. The maximum Gasteiger partial charge on any atom is 0.328 e. The molecule has 3 aromatic heterocycles.